The van der Waals surface area contributed by atoms with Gasteiger partial charge in [0.05, 0.1) is 12.3 Å². The molecule has 0 spiro atoms. The number of thiophene rings is 1. The topological polar surface area (TPSA) is 77.2 Å². The summed E-state index contributed by atoms with van der Waals surface area (Å²) >= 11 is 1.32. The van der Waals surface area contributed by atoms with Gasteiger partial charge in [0.2, 0.25) is 0 Å². The Morgan fingerprint density at radius 2 is 2.00 bits per heavy atom. The van der Waals surface area contributed by atoms with E-state index in [1.165, 1.54) is 11.3 Å². The van der Waals surface area contributed by atoms with Crippen molar-refractivity contribution in [2.24, 2.45) is 0 Å². The molecule has 0 saturated heterocycles. The minimum absolute atomic E-state index is 0.225. The van der Waals surface area contributed by atoms with Gasteiger partial charge in [0.1, 0.15) is 15.5 Å². The van der Waals surface area contributed by atoms with Crippen LogP contribution < -0.4 is 15.8 Å². The maximum Gasteiger partial charge on any atom is 0.267 e. The van der Waals surface area contributed by atoms with Gasteiger partial charge in [-0.05, 0) is 56.7 Å². The maximum absolute atomic E-state index is 12.6. The van der Waals surface area contributed by atoms with E-state index >= 15 is 0 Å². The zero-order valence-electron chi connectivity index (χ0n) is 13.8. The molecule has 124 valence electrons. The first-order chi connectivity index (χ1) is 11.5. The van der Waals surface area contributed by atoms with E-state index in [0.29, 0.717) is 22.9 Å². The van der Waals surface area contributed by atoms with Crippen LogP contribution in [0.25, 0.3) is 10.2 Å². The Kier molecular flexibility index (Phi) is 4.40. The quantitative estimate of drug-likeness (QED) is 0.747. The number of anilines is 2. The van der Waals surface area contributed by atoms with Gasteiger partial charge in [-0.15, -0.1) is 11.3 Å². The van der Waals surface area contributed by atoms with Crippen molar-refractivity contribution in [3.63, 3.8) is 0 Å². The van der Waals surface area contributed by atoms with Crippen LogP contribution >= 0.6 is 11.3 Å². The molecule has 5 nitrogen and oxygen atoms in total. The molecule has 0 bridgehead atoms. The zero-order valence-corrected chi connectivity index (χ0v) is 14.7. The van der Waals surface area contributed by atoms with Crippen LogP contribution in [0, 0.1) is 13.8 Å². The lowest BCUT2D eigenvalue weighted by atomic mass is 10.1. The molecule has 0 radical (unpaired) electrons. The van der Waals surface area contributed by atoms with Gasteiger partial charge in [0, 0.05) is 16.8 Å². The van der Waals surface area contributed by atoms with E-state index in [1.54, 1.807) is 12.1 Å². The molecule has 2 aromatic heterocycles. The van der Waals surface area contributed by atoms with Crippen molar-refractivity contribution in [2.45, 2.75) is 20.8 Å². The highest BCUT2D eigenvalue weighted by Gasteiger charge is 2.19. The molecule has 3 N–H and O–H groups in total. The number of hydrogen-bond donors (Lipinski definition) is 2. The fourth-order valence-corrected chi connectivity index (χ4v) is 3.74. The molecule has 0 fully saturated rings. The molecule has 3 aromatic rings. The van der Waals surface area contributed by atoms with Crippen molar-refractivity contribution in [1.29, 1.82) is 0 Å². The Morgan fingerprint density at radius 3 is 2.67 bits per heavy atom. The number of amides is 1. The Labute approximate surface area is 144 Å². The number of rotatable bonds is 4. The van der Waals surface area contributed by atoms with Crippen LogP contribution in [-0.4, -0.2) is 17.5 Å². The monoisotopic (exact) mass is 341 g/mol. The summed E-state index contributed by atoms with van der Waals surface area (Å²) in [6, 6.07) is 9.23. The second-order valence-corrected chi connectivity index (χ2v) is 6.52. The van der Waals surface area contributed by atoms with E-state index in [4.69, 9.17) is 10.5 Å². The van der Waals surface area contributed by atoms with Gasteiger partial charge in [-0.3, -0.25) is 4.79 Å². The van der Waals surface area contributed by atoms with Crippen LogP contribution in [0.2, 0.25) is 0 Å². The average Bonchev–Trinajstić information content (AvgIpc) is 2.86. The molecule has 1 amide bonds. The maximum atomic E-state index is 12.6. The van der Waals surface area contributed by atoms with E-state index in [1.807, 2.05) is 39.0 Å². The molecule has 0 aliphatic heterocycles. The minimum Gasteiger partial charge on any atom is -0.494 e. The van der Waals surface area contributed by atoms with Crippen molar-refractivity contribution in [1.82, 2.24) is 4.98 Å². The Morgan fingerprint density at radius 1 is 1.29 bits per heavy atom. The lowest BCUT2D eigenvalue weighted by Gasteiger charge is -2.06. The highest BCUT2D eigenvalue weighted by Crippen LogP contribution is 2.35. The number of nitrogen functional groups attached to an aromatic ring is 1. The fourth-order valence-electron chi connectivity index (χ4n) is 2.63. The predicted molar refractivity (Wildman–Crippen MR) is 99.1 cm³/mol. The summed E-state index contributed by atoms with van der Waals surface area (Å²) in [7, 11) is 0. The first kappa shape index (κ1) is 16.3. The van der Waals surface area contributed by atoms with E-state index in [2.05, 4.69) is 10.3 Å². The molecule has 2 heterocycles. The molecule has 0 atom stereocenters. The van der Waals surface area contributed by atoms with Gasteiger partial charge in [-0.25, -0.2) is 4.98 Å². The van der Waals surface area contributed by atoms with Gasteiger partial charge in [-0.1, -0.05) is 0 Å². The number of aromatic nitrogens is 1. The molecule has 0 aliphatic rings. The lowest BCUT2D eigenvalue weighted by Crippen LogP contribution is -2.11. The smallest absolute Gasteiger partial charge is 0.267 e. The molecule has 1 aromatic carbocycles. The van der Waals surface area contributed by atoms with Gasteiger partial charge in [0.15, 0.2) is 0 Å². The summed E-state index contributed by atoms with van der Waals surface area (Å²) in [5.41, 5.74) is 9.33. The summed E-state index contributed by atoms with van der Waals surface area (Å²) in [4.78, 5) is 18.3. The number of nitrogens with one attached hydrogen (secondary N) is 1. The SMILES string of the molecule is CCOc1ccc(NC(=O)c2sc3nc(C)cc(C)c3c2N)cc1. The third kappa shape index (κ3) is 3.05. The third-order valence-electron chi connectivity index (χ3n) is 3.65. The number of carbonyl (C=O) groups excluding carboxylic acids is 1. The summed E-state index contributed by atoms with van der Waals surface area (Å²) in [6.45, 7) is 6.45. The molecule has 3 rings (SSSR count). The second kappa shape index (κ2) is 6.49. The minimum atomic E-state index is -0.225. The van der Waals surface area contributed by atoms with Crippen LogP contribution in [0.4, 0.5) is 11.4 Å². The Bertz CT molecular complexity index is 901. The van der Waals surface area contributed by atoms with Crippen molar-refractivity contribution in [3.05, 3.63) is 46.5 Å². The number of fused-ring (bicyclic) bond motifs is 1. The van der Waals surface area contributed by atoms with E-state index < -0.39 is 0 Å². The predicted octanol–water partition coefficient (Wildman–Crippen LogP) is 4.15. The van der Waals surface area contributed by atoms with Gasteiger partial charge >= 0.3 is 0 Å². The van der Waals surface area contributed by atoms with E-state index in [9.17, 15) is 4.79 Å². The number of nitrogens with zero attached hydrogens (tertiary/aromatic N) is 1. The first-order valence-electron chi connectivity index (χ1n) is 7.70. The molecule has 0 unspecified atom stereocenters. The normalized spacial score (nSPS) is 10.8. The molecular formula is C18H19N3O2S. The Balaban J connectivity index is 1.88. The summed E-state index contributed by atoms with van der Waals surface area (Å²) in [5.74, 6) is 0.545. The van der Waals surface area contributed by atoms with Crippen LogP contribution in [0.5, 0.6) is 5.75 Å². The first-order valence-corrected chi connectivity index (χ1v) is 8.51. The standard InChI is InChI=1S/C18H19N3O2S/c1-4-23-13-7-5-12(6-8-13)21-17(22)16-15(19)14-10(2)9-11(3)20-18(14)24-16/h5-9H,4,19H2,1-3H3,(H,21,22). The largest absolute Gasteiger partial charge is 0.494 e. The van der Waals surface area contributed by atoms with Crippen molar-refractivity contribution in [2.75, 3.05) is 17.7 Å². The molecule has 0 aliphatic carbocycles. The van der Waals surface area contributed by atoms with Crippen molar-refractivity contribution < 1.29 is 9.53 Å². The highest BCUT2D eigenvalue weighted by molar-refractivity contribution is 7.21. The van der Waals surface area contributed by atoms with Crippen molar-refractivity contribution in [3.8, 4) is 5.75 Å². The molecule has 6 heteroatoms. The number of hydrogen-bond acceptors (Lipinski definition) is 5. The fraction of sp³-hybridized carbons (Fsp3) is 0.222. The van der Waals surface area contributed by atoms with Crippen molar-refractivity contribution >= 4 is 38.8 Å². The summed E-state index contributed by atoms with van der Waals surface area (Å²) in [5, 5.41) is 3.73. The highest BCUT2D eigenvalue weighted by atomic mass is 32.1. The molecule has 0 saturated carbocycles. The average molecular weight is 341 g/mol. The summed E-state index contributed by atoms with van der Waals surface area (Å²) < 4.78 is 5.39. The number of benzene rings is 1. The second-order valence-electron chi connectivity index (χ2n) is 5.52. The lowest BCUT2D eigenvalue weighted by molar-refractivity contribution is 0.103. The van der Waals surface area contributed by atoms with Gasteiger partial charge < -0.3 is 15.8 Å². The van der Waals surface area contributed by atoms with Crippen LogP contribution in [-0.2, 0) is 0 Å². The zero-order chi connectivity index (χ0) is 17.3. The van der Waals surface area contributed by atoms with Crippen LogP contribution in [0.1, 0.15) is 27.9 Å². The van der Waals surface area contributed by atoms with Crippen LogP contribution in [0.3, 0.4) is 0 Å². The Hall–Kier alpha value is -2.60. The van der Waals surface area contributed by atoms with Gasteiger partial charge in [-0.2, -0.15) is 0 Å². The number of aryl methyl sites for hydroxylation is 2. The number of pyridine rings is 1. The number of carbonyl (C=O) groups is 1. The van der Waals surface area contributed by atoms with Gasteiger partial charge in [0.25, 0.3) is 5.91 Å². The van der Waals surface area contributed by atoms with E-state index in [0.717, 1.165) is 27.2 Å². The number of ether oxygens (including phenoxy) is 1. The van der Waals surface area contributed by atoms with E-state index in [-0.39, 0.29) is 5.91 Å². The number of nitrogens with two attached hydrogens (primary N) is 1. The van der Waals surface area contributed by atoms with Crippen LogP contribution in [0.15, 0.2) is 30.3 Å². The third-order valence-corrected chi connectivity index (χ3v) is 4.75. The summed E-state index contributed by atoms with van der Waals surface area (Å²) in [6.07, 6.45) is 0. The molecule has 24 heavy (non-hydrogen) atoms. The molecular weight excluding hydrogens is 322 g/mol.